The summed E-state index contributed by atoms with van der Waals surface area (Å²) >= 11 is 11.9. The van der Waals surface area contributed by atoms with Gasteiger partial charge in [0.2, 0.25) is 11.6 Å². The zero-order valence-corrected chi connectivity index (χ0v) is 15.5. The first kappa shape index (κ1) is 18.2. The largest absolute Gasteiger partial charge is 0.478 e. The molecule has 3 aromatic rings. The van der Waals surface area contributed by atoms with Gasteiger partial charge in [0.1, 0.15) is 6.54 Å². The SMILES string of the molecule is COc1nccn2c(=O)n(CC(=O)N[C@@H](C)c3ccc(Cl)c(Cl)c3)nc12. The van der Waals surface area contributed by atoms with Gasteiger partial charge in [-0.1, -0.05) is 29.3 Å². The minimum absolute atomic E-state index is 0.202. The average molecular weight is 396 g/mol. The highest BCUT2D eigenvalue weighted by molar-refractivity contribution is 6.42. The van der Waals surface area contributed by atoms with Crippen LogP contribution in [0.1, 0.15) is 18.5 Å². The molecule has 0 unspecified atom stereocenters. The number of nitrogens with zero attached hydrogens (tertiary/aromatic N) is 4. The topological polar surface area (TPSA) is 90.5 Å². The molecule has 0 aliphatic carbocycles. The zero-order valence-electron chi connectivity index (χ0n) is 13.9. The van der Waals surface area contributed by atoms with E-state index in [9.17, 15) is 9.59 Å². The summed E-state index contributed by atoms with van der Waals surface area (Å²) in [6, 6.07) is 4.80. The summed E-state index contributed by atoms with van der Waals surface area (Å²) in [5, 5.41) is 7.75. The van der Waals surface area contributed by atoms with Crippen molar-refractivity contribution in [2.45, 2.75) is 19.5 Å². The number of carbonyl (C=O) groups is 1. The number of aromatic nitrogens is 4. The van der Waals surface area contributed by atoms with Crippen LogP contribution in [-0.4, -0.2) is 32.2 Å². The van der Waals surface area contributed by atoms with Gasteiger partial charge in [0.15, 0.2) is 0 Å². The Kier molecular flexibility index (Phi) is 5.15. The molecule has 1 atom stereocenters. The summed E-state index contributed by atoms with van der Waals surface area (Å²) in [4.78, 5) is 28.6. The van der Waals surface area contributed by atoms with E-state index in [0.717, 1.165) is 10.2 Å². The van der Waals surface area contributed by atoms with E-state index in [-0.39, 0.29) is 30.0 Å². The number of nitrogens with one attached hydrogen (secondary N) is 1. The van der Waals surface area contributed by atoms with Crippen molar-refractivity contribution in [1.29, 1.82) is 0 Å². The van der Waals surface area contributed by atoms with Gasteiger partial charge in [-0.25, -0.2) is 18.9 Å². The molecule has 0 saturated heterocycles. The smallest absolute Gasteiger partial charge is 0.351 e. The minimum Gasteiger partial charge on any atom is -0.478 e. The number of ether oxygens (including phenoxy) is 1. The standard InChI is InChI=1S/C16H15Cl2N5O3/c1-9(10-3-4-11(17)12(18)7-10)20-13(24)8-23-16(25)22-6-5-19-15(26-2)14(22)21-23/h3-7,9H,8H2,1-2H3,(H,20,24)/t9-/m0/s1. The van der Waals surface area contributed by atoms with Gasteiger partial charge in [-0.05, 0) is 24.6 Å². The molecule has 0 aliphatic heterocycles. The fraction of sp³-hybridized carbons (Fsp3) is 0.250. The summed E-state index contributed by atoms with van der Waals surface area (Å²) < 4.78 is 7.39. The quantitative estimate of drug-likeness (QED) is 0.713. The van der Waals surface area contributed by atoms with Gasteiger partial charge < -0.3 is 10.1 Å². The molecule has 1 aromatic carbocycles. The molecular weight excluding hydrogens is 381 g/mol. The second-order valence-electron chi connectivity index (χ2n) is 5.53. The highest BCUT2D eigenvalue weighted by Gasteiger charge is 2.16. The Balaban J connectivity index is 1.77. The molecule has 136 valence electrons. The number of benzene rings is 1. The molecule has 8 nitrogen and oxygen atoms in total. The Morgan fingerprint density at radius 1 is 1.35 bits per heavy atom. The van der Waals surface area contributed by atoms with Crippen molar-refractivity contribution in [3.8, 4) is 5.88 Å². The van der Waals surface area contributed by atoms with Crippen molar-refractivity contribution < 1.29 is 9.53 Å². The minimum atomic E-state index is -0.460. The van der Waals surface area contributed by atoms with Crippen LogP contribution < -0.4 is 15.7 Å². The van der Waals surface area contributed by atoms with Crippen LogP contribution in [0.15, 0.2) is 35.4 Å². The van der Waals surface area contributed by atoms with Crippen LogP contribution in [0.4, 0.5) is 0 Å². The van der Waals surface area contributed by atoms with Crippen LogP contribution in [0.3, 0.4) is 0 Å². The summed E-state index contributed by atoms with van der Waals surface area (Å²) in [5.41, 5.74) is 0.573. The van der Waals surface area contributed by atoms with Crippen LogP contribution in [0.5, 0.6) is 5.88 Å². The van der Waals surface area contributed by atoms with Gasteiger partial charge in [0, 0.05) is 12.4 Å². The number of hydrogen-bond acceptors (Lipinski definition) is 5. The Morgan fingerprint density at radius 3 is 2.81 bits per heavy atom. The van der Waals surface area contributed by atoms with Gasteiger partial charge in [-0.2, -0.15) is 0 Å². The number of carbonyl (C=O) groups excluding carboxylic acids is 1. The summed E-state index contributed by atoms with van der Waals surface area (Å²) in [6.45, 7) is 1.56. The monoisotopic (exact) mass is 395 g/mol. The van der Waals surface area contributed by atoms with Gasteiger partial charge in [0.05, 0.1) is 23.2 Å². The normalized spacial score (nSPS) is 12.2. The molecule has 26 heavy (non-hydrogen) atoms. The predicted octanol–water partition coefficient (Wildman–Crippen LogP) is 2.08. The lowest BCUT2D eigenvalue weighted by atomic mass is 10.1. The fourth-order valence-electron chi connectivity index (χ4n) is 2.46. The lowest BCUT2D eigenvalue weighted by Gasteiger charge is -2.14. The number of amides is 1. The van der Waals surface area contributed by atoms with Crippen LogP contribution in [0, 0.1) is 0 Å². The third kappa shape index (κ3) is 3.51. The molecule has 1 amide bonds. The number of rotatable bonds is 5. The lowest BCUT2D eigenvalue weighted by molar-refractivity contribution is -0.122. The Labute approximate surface area is 158 Å². The molecule has 0 spiro atoms. The average Bonchev–Trinajstić information content (AvgIpc) is 2.93. The van der Waals surface area contributed by atoms with Gasteiger partial charge in [0.25, 0.3) is 5.88 Å². The molecule has 0 fully saturated rings. The molecule has 0 bridgehead atoms. The first-order valence-electron chi connectivity index (χ1n) is 7.63. The van der Waals surface area contributed by atoms with Crippen LogP contribution in [-0.2, 0) is 11.3 Å². The van der Waals surface area contributed by atoms with Crippen LogP contribution >= 0.6 is 23.2 Å². The molecule has 2 heterocycles. The third-order valence-electron chi connectivity index (χ3n) is 3.78. The van der Waals surface area contributed by atoms with Crippen molar-refractivity contribution in [3.63, 3.8) is 0 Å². The van der Waals surface area contributed by atoms with E-state index in [1.165, 1.54) is 23.9 Å². The number of fused-ring (bicyclic) bond motifs is 1. The zero-order chi connectivity index (χ0) is 18.8. The second-order valence-corrected chi connectivity index (χ2v) is 6.35. The maximum absolute atomic E-state index is 12.3. The molecular formula is C16H15Cl2N5O3. The number of hydrogen-bond donors (Lipinski definition) is 1. The molecule has 1 N–H and O–H groups in total. The van der Waals surface area contributed by atoms with Crippen molar-refractivity contribution >= 4 is 34.8 Å². The Bertz CT molecular complexity index is 1030. The van der Waals surface area contributed by atoms with Crippen molar-refractivity contribution in [1.82, 2.24) is 24.5 Å². The summed E-state index contributed by atoms with van der Waals surface area (Å²) in [6.07, 6.45) is 2.88. The van der Waals surface area contributed by atoms with Gasteiger partial charge >= 0.3 is 5.69 Å². The summed E-state index contributed by atoms with van der Waals surface area (Å²) in [7, 11) is 1.43. The van der Waals surface area contributed by atoms with E-state index in [1.807, 2.05) is 0 Å². The fourth-order valence-corrected chi connectivity index (χ4v) is 2.77. The van der Waals surface area contributed by atoms with Gasteiger partial charge in [-0.3, -0.25) is 4.79 Å². The molecule has 0 aliphatic rings. The molecule has 0 saturated carbocycles. The van der Waals surface area contributed by atoms with Crippen molar-refractivity contribution in [3.05, 3.63) is 56.7 Å². The van der Waals surface area contributed by atoms with Gasteiger partial charge in [-0.15, -0.1) is 5.10 Å². The van der Waals surface area contributed by atoms with E-state index in [4.69, 9.17) is 27.9 Å². The number of methoxy groups -OCH3 is 1. The van der Waals surface area contributed by atoms with E-state index >= 15 is 0 Å². The summed E-state index contributed by atoms with van der Waals surface area (Å²) in [5.74, 6) is -0.172. The maximum Gasteiger partial charge on any atom is 0.351 e. The maximum atomic E-state index is 12.3. The van der Waals surface area contributed by atoms with Crippen molar-refractivity contribution in [2.24, 2.45) is 0 Å². The number of halogens is 2. The highest BCUT2D eigenvalue weighted by atomic mass is 35.5. The Morgan fingerprint density at radius 2 is 2.12 bits per heavy atom. The Hall–Kier alpha value is -2.58. The third-order valence-corrected chi connectivity index (χ3v) is 4.52. The molecule has 2 aromatic heterocycles. The first-order valence-corrected chi connectivity index (χ1v) is 8.38. The highest BCUT2D eigenvalue weighted by Crippen LogP contribution is 2.25. The van der Waals surface area contributed by atoms with Crippen LogP contribution in [0.2, 0.25) is 10.0 Å². The van der Waals surface area contributed by atoms with Crippen LogP contribution in [0.25, 0.3) is 5.65 Å². The first-order chi connectivity index (χ1) is 12.4. The van der Waals surface area contributed by atoms with E-state index in [0.29, 0.717) is 10.0 Å². The molecule has 0 radical (unpaired) electrons. The molecule has 3 rings (SSSR count). The van der Waals surface area contributed by atoms with Crippen molar-refractivity contribution in [2.75, 3.05) is 7.11 Å². The second kappa shape index (κ2) is 7.35. The van der Waals surface area contributed by atoms with E-state index < -0.39 is 5.69 Å². The van der Waals surface area contributed by atoms with E-state index in [1.54, 1.807) is 25.1 Å². The van der Waals surface area contributed by atoms with E-state index in [2.05, 4.69) is 15.4 Å². The predicted molar refractivity (Wildman–Crippen MR) is 96.8 cm³/mol. The molecule has 10 heteroatoms. The lowest BCUT2D eigenvalue weighted by Crippen LogP contribution is -2.34.